The quantitative estimate of drug-likeness (QED) is 0.390. The van der Waals surface area contributed by atoms with Crippen molar-refractivity contribution in [2.24, 2.45) is 0 Å². The molecule has 0 bridgehead atoms. The summed E-state index contributed by atoms with van der Waals surface area (Å²) in [5, 5.41) is 7.78. The second kappa shape index (κ2) is 7.71. The van der Waals surface area contributed by atoms with Gasteiger partial charge in [0.05, 0.1) is 5.69 Å². The molecule has 0 aliphatic carbocycles. The van der Waals surface area contributed by atoms with E-state index in [2.05, 4.69) is 55.3 Å². The van der Waals surface area contributed by atoms with E-state index >= 15 is 0 Å². The van der Waals surface area contributed by atoms with E-state index in [9.17, 15) is 4.79 Å². The SMILES string of the molecule is O=C(Nc1ccc(I)c(-c2nccc3ccccc23)c1)Nc1ccccn1. The van der Waals surface area contributed by atoms with E-state index in [1.54, 1.807) is 18.3 Å². The van der Waals surface area contributed by atoms with Crippen LogP contribution in [0.5, 0.6) is 0 Å². The Morgan fingerprint density at radius 2 is 1.70 bits per heavy atom. The van der Waals surface area contributed by atoms with Gasteiger partial charge in [0.15, 0.2) is 0 Å². The van der Waals surface area contributed by atoms with E-state index in [4.69, 9.17) is 0 Å². The molecule has 0 radical (unpaired) electrons. The Labute approximate surface area is 170 Å². The van der Waals surface area contributed by atoms with Crippen LogP contribution in [0.25, 0.3) is 22.0 Å². The summed E-state index contributed by atoms with van der Waals surface area (Å²) in [7, 11) is 0. The molecule has 0 aliphatic heterocycles. The van der Waals surface area contributed by atoms with Crippen molar-refractivity contribution in [3.05, 3.63) is 82.7 Å². The fourth-order valence-corrected chi connectivity index (χ4v) is 3.43. The number of hydrogen-bond donors (Lipinski definition) is 2. The van der Waals surface area contributed by atoms with E-state index in [1.165, 1.54) is 0 Å². The summed E-state index contributed by atoms with van der Waals surface area (Å²) in [5.41, 5.74) is 2.56. The average Bonchev–Trinajstić information content (AvgIpc) is 2.70. The van der Waals surface area contributed by atoms with Gasteiger partial charge in [0, 0.05) is 32.6 Å². The molecule has 132 valence electrons. The largest absolute Gasteiger partial charge is 0.324 e. The van der Waals surface area contributed by atoms with Gasteiger partial charge in [-0.1, -0.05) is 30.3 Å². The Kier molecular flexibility index (Phi) is 4.97. The number of nitrogens with zero attached hydrogens (tertiary/aromatic N) is 2. The first-order valence-corrected chi connectivity index (χ1v) is 9.41. The number of hydrogen-bond acceptors (Lipinski definition) is 3. The maximum Gasteiger partial charge on any atom is 0.324 e. The second-order valence-electron chi connectivity index (χ2n) is 5.87. The standard InChI is InChI=1S/C21H15IN4O/c22-18-9-8-15(25-21(27)26-19-7-3-4-11-23-19)13-17(18)20-16-6-2-1-5-14(16)10-12-24-20/h1-13H,(H2,23,25,26,27). The minimum Gasteiger partial charge on any atom is -0.308 e. The number of halogens is 1. The third kappa shape index (κ3) is 3.90. The lowest BCUT2D eigenvalue weighted by Gasteiger charge is -2.11. The molecule has 4 aromatic rings. The molecule has 2 N–H and O–H groups in total. The zero-order valence-corrected chi connectivity index (χ0v) is 16.3. The highest BCUT2D eigenvalue weighted by Crippen LogP contribution is 2.31. The van der Waals surface area contributed by atoms with E-state index in [-0.39, 0.29) is 6.03 Å². The van der Waals surface area contributed by atoms with Crippen LogP contribution in [0.15, 0.2) is 79.1 Å². The Morgan fingerprint density at radius 3 is 2.56 bits per heavy atom. The van der Waals surface area contributed by atoms with Gasteiger partial charge in [-0.05, 0) is 64.4 Å². The number of carbonyl (C=O) groups excluding carboxylic acids is 1. The predicted molar refractivity (Wildman–Crippen MR) is 117 cm³/mol. The lowest BCUT2D eigenvalue weighted by molar-refractivity contribution is 0.262. The molecule has 0 saturated heterocycles. The Balaban J connectivity index is 1.64. The van der Waals surface area contributed by atoms with Crippen molar-refractivity contribution < 1.29 is 4.79 Å². The van der Waals surface area contributed by atoms with Gasteiger partial charge in [-0.3, -0.25) is 10.3 Å². The average molecular weight is 466 g/mol. The molecule has 2 aromatic carbocycles. The maximum atomic E-state index is 12.2. The van der Waals surface area contributed by atoms with Crippen LogP contribution in [0, 0.1) is 3.57 Å². The highest BCUT2D eigenvalue weighted by molar-refractivity contribution is 14.1. The summed E-state index contributed by atoms with van der Waals surface area (Å²) in [6.07, 6.45) is 3.44. The number of nitrogens with one attached hydrogen (secondary N) is 2. The molecule has 2 aromatic heterocycles. The normalized spacial score (nSPS) is 10.6. The molecule has 0 saturated carbocycles. The fourth-order valence-electron chi connectivity index (χ4n) is 2.83. The molecule has 0 spiro atoms. The summed E-state index contributed by atoms with van der Waals surface area (Å²) in [6, 6.07) is 20.9. The van der Waals surface area contributed by atoms with Crippen molar-refractivity contribution in [2.75, 3.05) is 10.6 Å². The van der Waals surface area contributed by atoms with Crippen LogP contribution in [-0.4, -0.2) is 16.0 Å². The van der Waals surface area contributed by atoms with Crippen molar-refractivity contribution in [3.63, 3.8) is 0 Å². The molecule has 2 amide bonds. The van der Waals surface area contributed by atoms with Crippen LogP contribution < -0.4 is 10.6 Å². The predicted octanol–water partition coefficient (Wildman–Crippen LogP) is 5.55. The van der Waals surface area contributed by atoms with Crippen molar-refractivity contribution in [2.45, 2.75) is 0 Å². The second-order valence-corrected chi connectivity index (χ2v) is 7.03. The highest BCUT2D eigenvalue weighted by atomic mass is 127. The summed E-state index contributed by atoms with van der Waals surface area (Å²) in [6.45, 7) is 0. The van der Waals surface area contributed by atoms with Crippen LogP contribution in [0.4, 0.5) is 16.3 Å². The molecule has 0 fully saturated rings. The first-order chi connectivity index (χ1) is 13.2. The number of pyridine rings is 2. The molecule has 2 heterocycles. The molecule has 4 rings (SSSR count). The summed E-state index contributed by atoms with van der Waals surface area (Å²) in [4.78, 5) is 20.9. The number of urea groups is 1. The van der Waals surface area contributed by atoms with E-state index in [1.807, 2.05) is 48.7 Å². The number of amides is 2. The molecule has 0 unspecified atom stereocenters. The minimum absolute atomic E-state index is 0.341. The molecule has 6 heteroatoms. The van der Waals surface area contributed by atoms with Gasteiger partial charge in [0.1, 0.15) is 5.82 Å². The third-order valence-corrected chi connectivity index (χ3v) is 5.00. The Hall–Kier alpha value is -3.00. The lowest BCUT2D eigenvalue weighted by Crippen LogP contribution is -2.20. The number of anilines is 2. The minimum atomic E-state index is -0.341. The molecular weight excluding hydrogens is 451 g/mol. The maximum absolute atomic E-state index is 12.2. The number of benzene rings is 2. The van der Waals surface area contributed by atoms with Gasteiger partial charge >= 0.3 is 6.03 Å². The van der Waals surface area contributed by atoms with Crippen LogP contribution in [0.2, 0.25) is 0 Å². The van der Waals surface area contributed by atoms with Crippen LogP contribution in [0.3, 0.4) is 0 Å². The number of carbonyl (C=O) groups is 1. The first kappa shape index (κ1) is 17.4. The molecule has 27 heavy (non-hydrogen) atoms. The summed E-state index contributed by atoms with van der Waals surface area (Å²) < 4.78 is 1.06. The number of rotatable bonds is 3. The topological polar surface area (TPSA) is 66.9 Å². The zero-order valence-electron chi connectivity index (χ0n) is 14.2. The number of fused-ring (bicyclic) bond motifs is 1. The van der Waals surface area contributed by atoms with Gasteiger partial charge < -0.3 is 5.32 Å². The molecular formula is C21H15IN4O. The molecule has 0 atom stereocenters. The Bertz CT molecular complexity index is 1110. The first-order valence-electron chi connectivity index (χ1n) is 8.33. The zero-order chi connectivity index (χ0) is 18.6. The van der Waals surface area contributed by atoms with Crippen LogP contribution in [0.1, 0.15) is 0 Å². The van der Waals surface area contributed by atoms with Gasteiger partial charge in [0.25, 0.3) is 0 Å². The van der Waals surface area contributed by atoms with E-state index in [0.717, 1.165) is 25.6 Å². The van der Waals surface area contributed by atoms with Gasteiger partial charge in [-0.25, -0.2) is 9.78 Å². The third-order valence-electron chi connectivity index (χ3n) is 4.06. The van der Waals surface area contributed by atoms with Crippen molar-refractivity contribution in [3.8, 4) is 11.3 Å². The monoisotopic (exact) mass is 466 g/mol. The van der Waals surface area contributed by atoms with Gasteiger partial charge in [-0.2, -0.15) is 0 Å². The number of aromatic nitrogens is 2. The summed E-state index contributed by atoms with van der Waals surface area (Å²) >= 11 is 2.29. The Morgan fingerprint density at radius 1 is 0.852 bits per heavy atom. The van der Waals surface area contributed by atoms with Crippen molar-refractivity contribution in [1.29, 1.82) is 0 Å². The highest BCUT2D eigenvalue weighted by Gasteiger charge is 2.11. The molecule has 0 aliphatic rings. The van der Waals surface area contributed by atoms with Crippen molar-refractivity contribution in [1.82, 2.24) is 9.97 Å². The van der Waals surface area contributed by atoms with Gasteiger partial charge in [0.2, 0.25) is 0 Å². The smallest absolute Gasteiger partial charge is 0.308 e. The van der Waals surface area contributed by atoms with Crippen LogP contribution >= 0.6 is 22.6 Å². The summed E-state index contributed by atoms with van der Waals surface area (Å²) in [5.74, 6) is 0.497. The van der Waals surface area contributed by atoms with E-state index < -0.39 is 0 Å². The van der Waals surface area contributed by atoms with Crippen molar-refractivity contribution >= 4 is 50.9 Å². The lowest BCUT2D eigenvalue weighted by atomic mass is 10.0. The van der Waals surface area contributed by atoms with Crippen LogP contribution in [-0.2, 0) is 0 Å². The molecule has 5 nitrogen and oxygen atoms in total. The van der Waals surface area contributed by atoms with Gasteiger partial charge in [-0.15, -0.1) is 0 Å². The van der Waals surface area contributed by atoms with E-state index in [0.29, 0.717) is 11.5 Å². The fraction of sp³-hybridized carbons (Fsp3) is 0.